The van der Waals surface area contributed by atoms with Gasteiger partial charge in [0.15, 0.2) is 5.85 Å². The van der Waals surface area contributed by atoms with E-state index < -0.39 is 13.4 Å². The average Bonchev–Trinajstić information content (AvgIpc) is 2.45. The Morgan fingerprint density at radius 1 is 1.35 bits per heavy atom. The predicted molar refractivity (Wildman–Crippen MR) is 81.9 cm³/mol. The molecule has 0 fully saturated rings. The summed E-state index contributed by atoms with van der Waals surface area (Å²) in [6.07, 6.45) is 4.99. The minimum Gasteiger partial charge on any atom is -0.377 e. The van der Waals surface area contributed by atoms with Crippen molar-refractivity contribution in [3.8, 4) is 0 Å². The van der Waals surface area contributed by atoms with E-state index in [1.54, 1.807) is 19.1 Å². The molecule has 0 aliphatic heterocycles. The molecule has 110 valence electrons. The molecule has 6 heteroatoms. The van der Waals surface area contributed by atoms with Gasteiger partial charge in [-0.05, 0) is 24.6 Å². The Bertz CT molecular complexity index is 546. The third kappa shape index (κ3) is 4.58. The zero-order chi connectivity index (χ0) is 15.2. The molecule has 0 radical (unpaired) electrons. The Kier molecular flexibility index (Phi) is 6.66. The molecule has 0 aliphatic carbocycles. The van der Waals surface area contributed by atoms with Gasteiger partial charge in [-0.25, -0.2) is 0 Å². The van der Waals surface area contributed by atoms with Gasteiger partial charge in [0, 0.05) is 19.2 Å². The summed E-state index contributed by atoms with van der Waals surface area (Å²) in [7, 11) is -1.05. The molecule has 0 aromatic heterocycles. The van der Waals surface area contributed by atoms with Crippen LogP contribution in [-0.4, -0.2) is 25.2 Å². The molecule has 0 bridgehead atoms. The highest BCUT2D eigenvalue weighted by atomic mass is 35.5. The van der Waals surface area contributed by atoms with Gasteiger partial charge in [0.25, 0.3) is 0 Å². The number of halogens is 1. The number of hydrogen-bond acceptors (Lipinski definition) is 4. The lowest BCUT2D eigenvalue weighted by Crippen LogP contribution is -2.07. The number of hydrogen-bond donors (Lipinski definition) is 1. The van der Waals surface area contributed by atoms with Gasteiger partial charge < -0.3 is 14.2 Å². The van der Waals surface area contributed by atoms with Gasteiger partial charge in [-0.2, -0.15) is 0 Å². The van der Waals surface area contributed by atoms with Crippen molar-refractivity contribution in [2.75, 3.05) is 14.2 Å². The molecule has 0 saturated carbocycles. The summed E-state index contributed by atoms with van der Waals surface area (Å²) in [5.74, 6) is -1.31. The van der Waals surface area contributed by atoms with Crippen molar-refractivity contribution in [1.82, 2.24) is 0 Å². The third-order valence-corrected chi connectivity index (χ3v) is 4.84. The first-order valence-electron chi connectivity index (χ1n) is 5.93. The average molecular weight is 317 g/mol. The topological polar surface area (TPSA) is 55.8 Å². The van der Waals surface area contributed by atoms with E-state index in [0.29, 0.717) is 10.6 Å². The number of aliphatic hydroxyl groups excluding tert-OH is 1. The summed E-state index contributed by atoms with van der Waals surface area (Å²) in [6, 6.07) is 7.39. The van der Waals surface area contributed by atoms with Crippen molar-refractivity contribution in [1.29, 1.82) is 0 Å². The summed E-state index contributed by atoms with van der Waals surface area (Å²) in [5, 5.41) is 10.5. The van der Waals surface area contributed by atoms with Crippen LogP contribution in [0, 0.1) is 0 Å². The van der Waals surface area contributed by atoms with E-state index in [2.05, 4.69) is 0 Å². The predicted octanol–water partition coefficient (Wildman–Crippen LogP) is 4.10. The van der Waals surface area contributed by atoms with Gasteiger partial charge in [0.05, 0.1) is 0 Å². The lowest BCUT2D eigenvalue weighted by Gasteiger charge is -2.17. The van der Waals surface area contributed by atoms with E-state index in [1.165, 1.54) is 20.3 Å². The maximum Gasteiger partial charge on any atom is 0.362 e. The quantitative estimate of drug-likeness (QED) is 0.634. The molecule has 0 amide bonds. The third-order valence-electron chi connectivity index (χ3n) is 2.68. The Hall–Kier alpha value is -0.900. The van der Waals surface area contributed by atoms with Crippen LogP contribution >= 0.6 is 19.2 Å². The second-order valence-corrected chi connectivity index (χ2v) is 6.83. The number of allylic oxidation sites excluding steroid dienone is 2. The van der Waals surface area contributed by atoms with E-state index in [4.69, 9.17) is 20.6 Å². The molecule has 4 nitrogen and oxygen atoms in total. The van der Waals surface area contributed by atoms with E-state index in [1.807, 2.05) is 24.3 Å². The first-order valence-corrected chi connectivity index (χ1v) is 7.92. The normalized spacial score (nSPS) is 14.8. The largest absolute Gasteiger partial charge is 0.377 e. The standard InChI is InChI=1S/C14H18ClO4P/c1-11(10-14(16)20(17,18-2)19-3)8-9-12-6-4-5-7-13(12)15/h4-10,14,16H,1-3H3/b9-8+,11-10+. The van der Waals surface area contributed by atoms with Crippen molar-refractivity contribution in [2.45, 2.75) is 12.8 Å². The van der Waals surface area contributed by atoms with Gasteiger partial charge >= 0.3 is 7.60 Å². The molecule has 20 heavy (non-hydrogen) atoms. The zero-order valence-corrected chi connectivity index (χ0v) is 13.3. The van der Waals surface area contributed by atoms with E-state index >= 15 is 0 Å². The van der Waals surface area contributed by atoms with Crippen molar-refractivity contribution in [3.63, 3.8) is 0 Å². The maximum absolute atomic E-state index is 11.9. The van der Waals surface area contributed by atoms with Crippen LogP contribution in [0.15, 0.2) is 42.0 Å². The highest BCUT2D eigenvalue weighted by Crippen LogP contribution is 2.51. The van der Waals surface area contributed by atoms with Crippen LogP contribution in [0.4, 0.5) is 0 Å². The zero-order valence-electron chi connectivity index (χ0n) is 11.6. The lowest BCUT2D eigenvalue weighted by molar-refractivity contribution is 0.200. The second kappa shape index (κ2) is 7.77. The Morgan fingerprint density at radius 2 is 1.95 bits per heavy atom. The Labute approximate surface area is 124 Å². The first-order chi connectivity index (χ1) is 9.42. The maximum atomic E-state index is 11.9. The minimum absolute atomic E-state index is 0.636. The Balaban J connectivity index is 2.86. The molecule has 0 heterocycles. The van der Waals surface area contributed by atoms with Crippen molar-refractivity contribution in [2.24, 2.45) is 0 Å². The van der Waals surface area contributed by atoms with Crippen LogP contribution in [0.3, 0.4) is 0 Å². The van der Waals surface area contributed by atoms with Crippen LogP contribution in [0.1, 0.15) is 12.5 Å². The lowest BCUT2D eigenvalue weighted by atomic mass is 10.1. The molecule has 1 unspecified atom stereocenters. The number of rotatable bonds is 6. The monoisotopic (exact) mass is 316 g/mol. The molecular formula is C14H18ClO4P. The molecule has 1 N–H and O–H groups in total. The molecule has 1 aromatic carbocycles. The molecule has 0 aliphatic rings. The number of aliphatic hydroxyl groups is 1. The van der Waals surface area contributed by atoms with Crippen molar-refractivity contribution < 1.29 is 18.7 Å². The van der Waals surface area contributed by atoms with Crippen LogP contribution in [-0.2, 0) is 13.6 Å². The molecule has 0 spiro atoms. The smallest absolute Gasteiger partial charge is 0.362 e. The van der Waals surface area contributed by atoms with Gasteiger partial charge in [-0.3, -0.25) is 4.57 Å². The van der Waals surface area contributed by atoms with Gasteiger partial charge in [-0.15, -0.1) is 0 Å². The SMILES string of the molecule is COP(=O)(OC)C(O)/C=C(C)/C=C/c1ccccc1Cl. The van der Waals surface area contributed by atoms with Crippen molar-refractivity contribution in [3.05, 3.63) is 52.6 Å². The summed E-state index contributed by atoms with van der Waals surface area (Å²) < 4.78 is 21.4. The number of benzene rings is 1. The van der Waals surface area contributed by atoms with E-state index in [0.717, 1.165) is 5.56 Å². The molecule has 1 aromatic rings. The summed E-state index contributed by atoms with van der Waals surface area (Å²) in [5.41, 5.74) is 1.57. The second-order valence-electron chi connectivity index (χ2n) is 4.08. The minimum atomic E-state index is -3.51. The van der Waals surface area contributed by atoms with Gasteiger partial charge in [0.2, 0.25) is 0 Å². The van der Waals surface area contributed by atoms with Crippen LogP contribution < -0.4 is 0 Å². The summed E-state index contributed by atoms with van der Waals surface area (Å²) in [6.45, 7) is 1.77. The fourth-order valence-corrected chi connectivity index (χ4v) is 2.70. The van der Waals surface area contributed by atoms with Crippen LogP contribution in [0.25, 0.3) is 6.08 Å². The highest BCUT2D eigenvalue weighted by Gasteiger charge is 2.30. The van der Waals surface area contributed by atoms with Crippen molar-refractivity contribution >= 4 is 25.3 Å². The first kappa shape index (κ1) is 17.2. The summed E-state index contributed by atoms with van der Waals surface area (Å²) >= 11 is 6.03. The fraction of sp³-hybridized carbons (Fsp3) is 0.286. The van der Waals surface area contributed by atoms with Crippen LogP contribution in [0.2, 0.25) is 5.02 Å². The van der Waals surface area contributed by atoms with Gasteiger partial charge in [-0.1, -0.05) is 47.5 Å². The Morgan fingerprint density at radius 3 is 2.50 bits per heavy atom. The summed E-state index contributed by atoms with van der Waals surface area (Å²) in [4.78, 5) is 0. The van der Waals surface area contributed by atoms with E-state index in [-0.39, 0.29) is 0 Å². The van der Waals surface area contributed by atoms with Crippen LogP contribution in [0.5, 0.6) is 0 Å². The molecule has 1 rings (SSSR count). The van der Waals surface area contributed by atoms with E-state index in [9.17, 15) is 9.67 Å². The molecule has 1 atom stereocenters. The fourth-order valence-electron chi connectivity index (χ4n) is 1.50. The molecule has 0 saturated heterocycles. The molecular weight excluding hydrogens is 299 g/mol. The highest BCUT2D eigenvalue weighted by molar-refractivity contribution is 7.54. The van der Waals surface area contributed by atoms with Gasteiger partial charge in [0.1, 0.15) is 0 Å².